The number of ketones is 1. The molecule has 0 heterocycles. The van der Waals surface area contributed by atoms with Gasteiger partial charge in [-0.3, -0.25) is 4.79 Å². The lowest BCUT2D eigenvalue weighted by Gasteiger charge is -2.08. The molecule has 0 spiro atoms. The van der Waals surface area contributed by atoms with Gasteiger partial charge >= 0.3 is 0 Å². The lowest BCUT2D eigenvalue weighted by Crippen LogP contribution is -2.03. The van der Waals surface area contributed by atoms with Crippen LogP contribution in [-0.4, -0.2) is 5.78 Å². The number of halogens is 2. The van der Waals surface area contributed by atoms with Crippen molar-refractivity contribution in [3.63, 3.8) is 0 Å². The van der Waals surface area contributed by atoms with Crippen molar-refractivity contribution in [1.29, 1.82) is 0 Å². The minimum absolute atomic E-state index is 0.0956. The van der Waals surface area contributed by atoms with E-state index in [2.05, 4.69) is 15.9 Å². The van der Waals surface area contributed by atoms with Gasteiger partial charge in [-0.15, -0.1) is 0 Å². The molecule has 0 fully saturated rings. The summed E-state index contributed by atoms with van der Waals surface area (Å²) in [4.78, 5) is 12.7. The number of carbonyl (C=O) groups is 1. The monoisotopic (exact) mass is 342 g/mol. The van der Waals surface area contributed by atoms with Gasteiger partial charge in [0, 0.05) is 15.6 Å². The van der Waals surface area contributed by atoms with Gasteiger partial charge in [-0.05, 0) is 53.6 Å². The summed E-state index contributed by atoms with van der Waals surface area (Å²) in [6.45, 7) is 1.66. The SMILES string of the molecule is Cc1cc(C(=O)c2ccc(Br)c3ccccc23)ccc1F. The standard InChI is InChI=1S/C18H12BrFO/c1-11-10-12(6-9-17(11)20)18(21)15-7-8-16(19)14-5-3-2-4-13(14)15/h2-10H,1H3. The van der Waals surface area contributed by atoms with Crippen LogP contribution in [0.2, 0.25) is 0 Å². The van der Waals surface area contributed by atoms with Crippen LogP contribution < -0.4 is 0 Å². The Balaban J connectivity index is 2.18. The molecule has 0 atom stereocenters. The first-order chi connectivity index (χ1) is 10.1. The van der Waals surface area contributed by atoms with Gasteiger partial charge in [0.25, 0.3) is 0 Å². The fraction of sp³-hybridized carbons (Fsp3) is 0.0556. The van der Waals surface area contributed by atoms with Crippen LogP contribution in [0.5, 0.6) is 0 Å². The Hall–Kier alpha value is -2.00. The first-order valence-corrected chi connectivity index (χ1v) is 7.35. The molecule has 3 heteroatoms. The Morgan fingerprint density at radius 1 is 1.00 bits per heavy atom. The summed E-state index contributed by atoms with van der Waals surface area (Å²) >= 11 is 3.50. The van der Waals surface area contributed by atoms with E-state index in [-0.39, 0.29) is 11.6 Å². The first-order valence-electron chi connectivity index (χ1n) is 6.56. The van der Waals surface area contributed by atoms with Crippen LogP contribution in [-0.2, 0) is 0 Å². The number of rotatable bonds is 2. The Morgan fingerprint density at radius 2 is 1.71 bits per heavy atom. The van der Waals surface area contributed by atoms with Gasteiger partial charge in [0.1, 0.15) is 5.82 Å². The maximum Gasteiger partial charge on any atom is 0.193 e. The molecule has 21 heavy (non-hydrogen) atoms. The van der Waals surface area contributed by atoms with Gasteiger partial charge in [-0.25, -0.2) is 4.39 Å². The molecular weight excluding hydrogens is 331 g/mol. The van der Waals surface area contributed by atoms with Crippen LogP contribution in [0.3, 0.4) is 0 Å². The highest BCUT2D eigenvalue weighted by Gasteiger charge is 2.14. The van der Waals surface area contributed by atoms with Gasteiger partial charge in [-0.1, -0.05) is 40.2 Å². The summed E-state index contributed by atoms with van der Waals surface area (Å²) in [5.74, 6) is -0.394. The number of fused-ring (bicyclic) bond motifs is 1. The van der Waals surface area contributed by atoms with Crippen molar-refractivity contribution in [3.05, 3.63) is 81.6 Å². The fourth-order valence-electron chi connectivity index (χ4n) is 2.40. The summed E-state index contributed by atoms with van der Waals surface area (Å²) < 4.78 is 14.3. The molecule has 0 saturated heterocycles. The molecule has 3 rings (SSSR count). The minimum atomic E-state index is -0.299. The molecule has 0 radical (unpaired) electrons. The highest BCUT2D eigenvalue weighted by atomic mass is 79.9. The van der Waals surface area contributed by atoms with Gasteiger partial charge in [0.05, 0.1) is 0 Å². The molecular formula is C18H12BrFO. The van der Waals surface area contributed by atoms with E-state index in [1.807, 2.05) is 30.3 Å². The van der Waals surface area contributed by atoms with Crippen LogP contribution in [0.1, 0.15) is 21.5 Å². The molecule has 0 amide bonds. The van der Waals surface area contributed by atoms with E-state index in [0.29, 0.717) is 16.7 Å². The Bertz CT molecular complexity index is 855. The Kier molecular flexibility index (Phi) is 3.60. The van der Waals surface area contributed by atoms with Crippen molar-refractivity contribution in [3.8, 4) is 0 Å². The van der Waals surface area contributed by atoms with Gasteiger partial charge < -0.3 is 0 Å². The predicted molar refractivity (Wildman–Crippen MR) is 86.2 cm³/mol. The molecule has 0 aliphatic carbocycles. The van der Waals surface area contributed by atoms with E-state index in [1.165, 1.54) is 12.1 Å². The van der Waals surface area contributed by atoms with E-state index in [1.54, 1.807) is 19.1 Å². The highest BCUT2D eigenvalue weighted by Crippen LogP contribution is 2.28. The molecule has 0 aliphatic heterocycles. The minimum Gasteiger partial charge on any atom is -0.289 e. The summed E-state index contributed by atoms with van der Waals surface area (Å²) in [5.41, 5.74) is 1.60. The molecule has 3 aromatic rings. The lowest BCUT2D eigenvalue weighted by atomic mass is 9.96. The van der Waals surface area contributed by atoms with E-state index in [0.717, 1.165) is 15.2 Å². The molecule has 3 aromatic carbocycles. The maximum absolute atomic E-state index is 13.4. The molecule has 0 N–H and O–H groups in total. The number of benzene rings is 3. The first kappa shape index (κ1) is 14.0. The zero-order valence-corrected chi connectivity index (χ0v) is 12.9. The van der Waals surface area contributed by atoms with Crippen molar-refractivity contribution >= 4 is 32.5 Å². The average molecular weight is 343 g/mol. The van der Waals surface area contributed by atoms with Crippen LogP contribution in [0.4, 0.5) is 4.39 Å². The molecule has 0 saturated carbocycles. The number of aryl methyl sites for hydroxylation is 1. The third-order valence-electron chi connectivity index (χ3n) is 3.54. The zero-order chi connectivity index (χ0) is 15.0. The van der Waals surface area contributed by atoms with E-state index in [4.69, 9.17) is 0 Å². The molecule has 0 unspecified atom stereocenters. The summed E-state index contributed by atoms with van der Waals surface area (Å²) in [7, 11) is 0. The van der Waals surface area contributed by atoms with Crippen LogP contribution in [0.15, 0.2) is 59.1 Å². The smallest absolute Gasteiger partial charge is 0.193 e. The fourth-order valence-corrected chi connectivity index (χ4v) is 2.88. The van der Waals surface area contributed by atoms with Crippen molar-refractivity contribution < 1.29 is 9.18 Å². The van der Waals surface area contributed by atoms with E-state index in [9.17, 15) is 9.18 Å². The summed E-state index contributed by atoms with van der Waals surface area (Å²) in [6.07, 6.45) is 0. The quantitative estimate of drug-likeness (QED) is 0.579. The zero-order valence-electron chi connectivity index (χ0n) is 11.4. The molecule has 1 nitrogen and oxygen atoms in total. The number of hydrogen-bond acceptors (Lipinski definition) is 1. The van der Waals surface area contributed by atoms with Crippen molar-refractivity contribution in [1.82, 2.24) is 0 Å². The van der Waals surface area contributed by atoms with E-state index >= 15 is 0 Å². The normalized spacial score (nSPS) is 10.8. The van der Waals surface area contributed by atoms with E-state index < -0.39 is 0 Å². The topological polar surface area (TPSA) is 17.1 Å². The summed E-state index contributed by atoms with van der Waals surface area (Å²) in [5, 5.41) is 1.88. The summed E-state index contributed by atoms with van der Waals surface area (Å²) in [6, 6.07) is 15.8. The second-order valence-corrected chi connectivity index (χ2v) is 5.79. The number of hydrogen-bond donors (Lipinski definition) is 0. The van der Waals surface area contributed by atoms with Crippen LogP contribution >= 0.6 is 15.9 Å². The van der Waals surface area contributed by atoms with Crippen molar-refractivity contribution in [2.75, 3.05) is 0 Å². The maximum atomic E-state index is 13.4. The second-order valence-electron chi connectivity index (χ2n) is 4.93. The third-order valence-corrected chi connectivity index (χ3v) is 4.23. The number of carbonyl (C=O) groups excluding carboxylic acids is 1. The molecule has 104 valence electrons. The molecule has 0 aromatic heterocycles. The Labute approximate surface area is 130 Å². The van der Waals surface area contributed by atoms with Gasteiger partial charge in [0.2, 0.25) is 0 Å². The van der Waals surface area contributed by atoms with Crippen molar-refractivity contribution in [2.45, 2.75) is 6.92 Å². The molecule has 0 aliphatic rings. The van der Waals surface area contributed by atoms with Gasteiger partial charge in [0.15, 0.2) is 5.78 Å². The second kappa shape index (κ2) is 5.41. The highest BCUT2D eigenvalue weighted by molar-refractivity contribution is 9.10. The largest absolute Gasteiger partial charge is 0.289 e. The average Bonchev–Trinajstić information content (AvgIpc) is 2.50. The predicted octanol–water partition coefficient (Wildman–Crippen LogP) is 5.28. The van der Waals surface area contributed by atoms with Crippen molar-refractivity contribution in [2.24, 2.45) is 0 Å². The van der Waals surface area contributed by atoms with Crippen LogP contribution in [0, 0.1) is 12.7 Å². The third kappa shape index (κ3) is 2.49. The van der Waals surface area contributed by atoms with Gasteiger partial charge in [-0.2, -0.15) is 0 Å². The lowest BCUT2D eigenvalue weighted by molar-refractivity contribution is 0.104. The Morgan fingerprint density at radius 3 is 2.43 bits per heavy atom. The molecule has 0 bridgehead atoms. The van der Waals surface area contributed by atoms with Crippen LogP contribution in [0.25, 0.3) is 10.8 Å².